The van der Waals surface area contributed by atoms with Crippen LogP contribution in [0.5, 0.6) is 0 Å². The molecule has 1 fully saturated rings. The summed E-state index contributed by atoms with van der Waals surface area (Å²) in [6, 6.07) is 1.11. The van der Waals surface area contributed by atoms with Gasteiger partial charge in [0.2, 0.25) is 0 Å². The fraction of sp³-hybridized carbons (Fsp3) is 0.385. The Labute approximate surface area is 262 Å². The number of hydrogen-bond acceptors (Lipinski definition) is 11. The van der Waals surface area contributed by atoms with Gasteiger partial charge in [0, 0.05) is 41.9 Å². The number of hydrogen-bond donors (Lipinski definition) is 0. The zero-order valence-corrected chi connectivity index (χ0v) is 25.6. The number of thioether (sulfide) groups is 1. The summed E-state index contributed by atoms with van der Waals surface area (Å²) in [7, 11) is 0. The van der Waals surface area contributed by atoms with Gasteiger partial charge in [0.15, 0.2) is 35.4 Å². The van der Waals surface area contributed by atoms with Crippen molar-refractivity contribution in [3.05, 3.63) is 58.2 Å². The van der Waals surface area contributed by atoms with Crippen molar-refractivity contribution in [1.29, 1.82) is 0 Å². The standard InChI is InChI=1S/C26H21BrF6N4O7S/c1-10(38)41-9-19-22(42-11(2)39)21(37-8-18(35-36-37)13-4-16(28)20(30)17(29)5-13)23(43-12(3)40)25(44-19)45-14-6-15(27)24(34-7-14)26(31,32)33/h4-8,19,21-23,25H,9H2,1-3H3/t19?,21-,22-,23?,25+/m0/s1. The molecular formula is C26H21BrF6N4O7S. The quantitative estimate of drug-likeness (QED) is 0.134. The third-order valence-electron chi connectivity index (χ3n) is 6.10. The van der Waals surface area contributed by atoms with E-state index in [1.54, 1.807) is 0 Å². The molecule has 0 bridgehead atoms. The first-order valence-corrected chi connectivity index (χ1v) is 14.3. The molecule has 1 saturated heterocycles. The molecule has 1 aliphatic rings. The van der Waals surface area contributed by atoms with E-state index in [-0.39, 0.29) is 16.2 Å². The van der Waals surface area contributed by atoms with Gasteiger partial charge in [0.1, 0.15) is 29.9 Å². The van der Waals surface area contributed by atoms with Crippen molar-refractivity contribution in [1.82, 2.24) is 20.0 Å². The van der Waals surface area contributed by atoms with Gasteiger partial charge in [-0.3, -0.25) is 14.4 Å². The largest absolute Gasteiger partial charge is 0.463 e. The van der Waals surface area contributed by atoms with E-state index < -0.39 is 88.1 Å². The van der Waals surface area contributed by atoms with Gasteiger partial charge in [-0.1, -0.05) is 17.0 Å². The highest BCUT2D eigenvalue weighted by molar-refractivity contribution is 9.10. The number of pyridine rings is 1. The highest BCUT2D eigenvalue weighted by Gasteiger charge is 2.52. The van der Waals surface area contributed by atoms with Crippen molar-refractivity contribution in [2.45, 2.75) is 61.6 Å². The van der Waals surface area contributed by atoms with Crippen LogP contribution in [0.25, 0.3) is 11.3 Å². The molecule has 3 heterocycles. The molecule has 242 valence electrons. The molecule has 0 amide bonds. The number of aromatic nitrogens is 4. The first-order chi connectivity index (χ1) is 21.0. The van der Waals surface area contributed by atoms with Gasteiger partial charge in [-0.25, -0.2) is 22.8 Å². The van der Waals surface area contributed by atoms with Gasteiger partial charge in [0.25, 0.3) is 0 Å². The van der Waals surface area contributed by atoms with Gasteiger partial charge >= 0.3 is 24.1 Å². The molecule has 2 unspecified atom stereocenters. The maximum absolute atomic E-state index is 14.0. The van der Waals surface area contributed by atoms with E-state index in [1.165, 1.54) is 0 Å². The molecule has 0 radical (unpaired) electrons. The third kappa shape index (κ3) is 8.12. The minimum absolute atomic E-state index is 0.115. The second-order valence-corrected chi connectivity index (χ2v) is 11.5. The van der Waals surface area contributed by atoms with Gasteiger partial charge in [-0.15, -0.1) is 5.10 Å². The minimum atomic E-state index is -4.76. The number of esters is 3. The fourth-order valence-corrected chi connectivity index (χ4v) is 6.21. The molecule has 5 atom stereocenters. The van der Waals surface area contributed by atoms with E-state index >= 15 is 0 Å². The lowest BCUT2D eigenvalue weighted by Crippen LogP contribution is -2.57. The highest BCUT2D eigenvalue weighted by Crippen LogP contribution is 2.43. The van der Waals surface area contributed by atoms with Gasteiger partial charge in [-0.05, 0) is 34.1 Å². The predicted octanol–water partition coefficient (Wildman–Crippen LogP) is 5.02. The predicted molar refractivity (Wildman–Crippen MR) is 144 cm³/mol. The Bertz CT molecular complexity index is 1590. The van der Waals surface area contributed by atoms with Crippen LogP contribution in [0, 0.1) is 17.5 Å². The van der Waals surface area contributed by atoms with Crippen molar-refractivity contribution in [3.63, 3.8) is 0 Å². The lowest BCUT2D eigenvalue weighted by molar-refractivity contribution is -0.212. The molecule has 45 heavy (non-hydrogen) atoms. The SMILES string of the molecule is CC(=O)OCC1O[C@H](Sc2cnc(C(F)(F)F)c(Br)c2)C(OC(C)=O)[C@@H](n2cc(-c3cc(F)c(F)c(F)c3)nn2)[C@H]1OC(C)=O. The zero-order valence-electron chi connectivity index (χ0n) is 23.2. The summed E-state index contributed by atoms with van der Waals surface area (Å²) >= 11 is 3.62. The number of nitrogens with zero attached hydrogens (tertiary/aromatic N) is 4. The Balaban J connectivity index is 1.82. The van der Waals surface area contributed by atoms with Crippen molar-refractivity contribution in [2.24, 2.45) is 0 Å². The summed E-state index contributed by atoms with van der Waals surface area (Å²) in [5.41, 5.74) is -2.87. The van der Waals surface area contributed by atoms with Crippen LogP contribution in [0.15, 0.2) is 40.0 Å². The van der Waals surface area contributed by atoms with E-state index in [2.05, 4.69) is 31.2 Å². The summed E-state index contributed by atoms with van der Waals surface area (Å²) in [6.07, 6.45) is -6.81. The molecule has 4 rings (SSSR count). The van der Waals surface area contributed by atoms with Crippen LogP contribution in [0.2, 0.25) is 0 Å². The van der Waals surface area contributed by atoms with Gasteiger partial charge < -0.3 is 18.9 Å². The number of carbonyl (C=O) groups is 3. The number of halogens is 7. The van der Waals surface area contributed by atoms with Crippen LogP contribution in [-0.4, -0.2) is 68.2 Å². The fourth-order valence-electron chi connectivity index (χ4n) is 4.36. The maximum Gasteiger partial charge on any atom is 0.434 e. The lowest BCUT2D eigenvalue weighted by atomic mass is 9.96. The van der Waals surface area contributed by atoms with E-state index in [1.807, 2.05) is 0 Å². The Kier molecular flexibility index (Phi) is 10.4. The lowest BCUT2D eigenvalue weighted by Gasteiger charge is -2.44. The Hall–Kier alpha value is -3.71. The monoisotopic (exact) mass is 726 g/mol. The number of rotatable bonds is 8. The smallest absolute Gasteiger partial charge is 0.434 e. The summed E-state index contributed by atoms with van der Waals surface area (Å²) in [4.78, 5) is 39.7. The summed E-state index contributed by atoms with van der Waals surface area (Å²) in [5.74, 6) is -7.15. The van der Waals surface area contributed by atoms with Crippen LogP contribution in [-0.2, 0) is 39.5 Å². The number of ether oxygens (including phenoxy) is 4. The molecular weight excluding hydrogens is 706 g/mol. The average Bonchev–Trinajstić information content (AvgIpc) is 3.40. The van der Waals surface area contributed by atoms with E-state index in [0.29, 0.717) is 12.1 Å². The number of alkyl halides is 3. The second kappa shape index (κ2) is 13.7. The van der Waals surface area contributed by atoms with E-state index in [0.717, 1.165) is 55.7 Å². The molecule has 0 spiro atoms. The molecule has 3 aromatic rings. The molecule has 1 aromatic carbocycles. The van der Waals surface area contributed by atoms with Crippen LogP contribution in [0.4, 0.5) is 26.3 Å². The minimum Gasteiger partial charge on any atom is -0.463 e. The molecule has 0 N–H and O–H groups in total. The van der Waals surface area contributed by atoms with Crippen LogP contribution in [0.3, 0.4) is 0 Å². The molecule has 0 aliphatic carbocycles. The molecule has 0 saturated carbocycles. The first-order valence-electron chi connectivity index (χ1n) is 12.6. The highest BCUT2D eigenvalue weighted by atomic mass is 79.9. The Morgan fingerprint density at radius 2 is 1.62 bits per heavy atom. The zero-order chi connectivity index (χ0) is 33.2. The van der Waals surface area contributed by atoms with E-state index in [9.17, 15) is 40.7 Å². The van der Waals surface area contributed by atoms with Gasteiger partial charge in [-0.2, -0.15) is 13.2 Å². The third-order valence-corrected chi connectivity index (χ3v) is 7.82. The Morgan fingerprint density at radius 1 is 1.00 bits per heavy atom. The van der Waals surface area contributed by atoms with Gasteiger partial charge in [0.05, 0.1) is 6.20 Å². The summed E-state index contributed by atoms with van der Waals surface area (Å²) in [6.45, 7) is 2.71. The molecule has 11 nitrogen and oxygen atoms in total. The summed E-state index contributed by atoms with van der Waals surface area (Å²) < 4.78 is 104. The summed E-state index contributed by atoms with van der Waals surface area (Å²) in [5, 5.41) is 7.84. The molecule has 19 heteroatoms. The number of carbonyl (C=O) groups excluding carboxylic acids is 3. The van der Waals surface area contributed by atoms with Crippen molar-refractivity contribution in [2.75, 3.05) is 6.61 Å². The molecule has 1 aliphatic heterocycles. The second-order valence-electron chi connectivity index (χ2n) is 9.44. The normalized spacial score (nSPS) is 21.7. The van der Waals surface area contributed by atoms with Crippen LogP contribution >= 0.6 is 27.7 Å². The van der Waals surface area contributed by atoms with Crippen molar-refractivity contribution in [3.8, 4) is 11.3 Å². The Morgan fingerprint density at radius 3 is 2.18 bits per heavy atom. The molecule has 2 aromatic heterocycles. The maximum atomic E-state index is 14.0. The van der Waals surface area contributed by atoms with Crippen LogP contribution in [0.1, 0.15) is 32.5 Å². The average molecular weight is 727 g/mol. The number of benzene rings is 1. The van der Waals surface area contributed by atoms with Crippen molar-refractivity contribution >= 4 is 45.6 Å². The first kappa shape index (κ1) is 34.2. The van der Waals surface area contributed by atoms with E-state index in [4.69, 9.17) is 18.9 Å². The van der Waals surface area contributed by atoms with Crippen molar-refractivity contribution < 1.29 is 59.7 Å². The van der Waals surface area contributed by atoms with Crippen LogP contribution < -0.4 is 0 Å². The topological polar surface area (TPSA) is 132 Å².